The minimum absolute atomic E-state index is 0.0506. The van der Waals surface area contributed by atoms with Gasteiger partial charge in [-0.2, -0.15) is 0 Å². The Morgan fingerprint density at radius 3 is 2.57 bits per heavy atom. The number of hydrogen-bond donors (Lipinski definition) is 2. The van der Waals surface area contributed by atoms with Gasteiger partial charge in [0.1, 0.15) is 5.69 Å². The SMILES string of the molecule is CCC(CC)Nc1ccc(C(=O)NC2CC2)cc1[N+](=O)[O-]. The lowest BCUT2D eigenvalue weighted by atomic mass is 10.1. The minimum atomic E-state index is -0.446. The lowest BCUT2D eigenvalue weighted by molar-refractivity contribution is -0.384. The zero-order chi connectivity index (χ0) is 15.4. The van der Waals surface area contributed by atoms with Gasteiger partial charge < -0.3 is 10.6 Å². The molecule has 1 aromatic rings. The van der Waals surface area contributed by atoms with Crippen molar-refractivity contribution in [3.05, 3.63) is 33.9 Å². The summed E-state index contributed by atoms with van der Waals surface area (Å²) in [7, 11) is 0. The van der Waals surface area contributed by atoms with Crippen LogP contribution < -0.4 is 10.6 Å². The second-order valence-corrected chi connectivity index (χ2v) is 5.39. The van der Waals surface area contributed by atoms with Crippen LogP contribution in [0.1, 0.15) is 49.9 Å². The second-order valence-electron chi connectivity index (χ2n) is 5.39. The Bertz CT molecular complexity index is 537. The first kappa shape index (κ1) is 15.3. The number of nitrogens with zero attached hydrogens (tertiary/aromatic N) is 1. The van der Waals surface area contributed by atoms with Gasteiger partial charge in [-0.25, -0.2) is 0 Å². The molecule has 1 amide bonds. The Morgan fingerprint density at radius 2 is 2.05 bits per heavy atom. The average Bonchev–Trinajstić information content (AvgIpc) is 3.28. The highest BCUT2D eigenvalue weighted by Crippen LogP contribution is 2.27. The number of benzene rings is 1. The van der Waals surface area contributed by atoms with E-state index in [1.54, 1.807) is 12.1 Å². The van der Waals surface area contributed by atoms with Crippen LogP contribution in [0, 0.1) is 10.1 Å². The van der Waals surface area contributed by atoms with E-state index in [0.29, 0.717) is 11.3 Å². The van der Waals surface area contributed by atoms with E-state index in [0.717, 1.165) is 25.7 Å². The molecule has 0 saturated heterocycles. The first-order valence-electron chi connectivity index (χ1n) is 7.41. The molecular formula is C15H21N3O3. The summed E-state index contributed by atoms with van der Waals surface area (Å²) in [4.78, 5) is 22.7. The van der Waals surface area contributed by atoms with Crippen molar-refractivity contribution in [1.29, 1.82) is 0 Å². The standard InChI is InChI=1S/C15H21N3O3/c1-3-11(4-2)16-13-8-5-10(9-14(13)18(20)21)15(19)17-12-6-7-12/h5,8-9,11-12,16H,3-4,6-7H2,1-2H3,(H,17,19). The van der Waals surface area contributed by atoms with Crippen LogP contribution in [0.25, 0.3) is 0 Å². The van der Waals surface area contributed by atoms with Gasteiger partial charge in [0.15, 0.2) is 0 Å². The van der Waals surface area contributed by atoms with Crippen LogP contribution in [-0.4, -0.2) is 22.9 Å². The second kappa shape index (κ2) is 6.56. The van der Waals surface area contributed by atoms with Gasteiger partial charge >= 0.3 is 0 Å². The van der Waals surface area contributed by atoms with Crippen LogP contribution in [0.15, 0.2) is 18.2 Å². The van der Waals surface area contributed by atoms with E-state index in [1.807, 2.05) is 13.8 Å². The monoisotopic (exact) mass is 291 g/mol. The van der Waals surface area contributed by atoms with E-state index in [1.165, 1.54) is 6.07 Å². The third kappa shape index (κ3) is 3.93. The summed E-state index contributed by atoms with van der Waals surface area (Å²) in [6.45, 7) is 4.06. The molecule has 0 spiro atoms. The molecular weight excluding hydrogens is 270 g/mol. The van der Waals surface area contributed by atoms with Gasteiger partial charge in [0.2, 0.25) is 0 Å². The molecule has 0 aliphatic heterocycles. The Labute approximate surface area is 124 Å². The number of rotatable bonds is 7. The van der Waals surface area contributed by atoms with Crippen molar-refractivity contribution < 1.29 is 9.72 Å². The quantitative estimate of drug-likeness (QED) is 0.597. The lowest BCUT2D eigenvalue weighted by Gasteiger charge is -2.16. The molecule has 0 aromatic heterocycles. The zero-order valence-corrected chi connectivity index (χ0v) is 12.4. The molecule has 2 rings (SSSR count). The van der Waals surface area contributed by atoms with Crippen molar-refractivity contribution in [3.8, 4) is 0 Å². The molecule has 1 fully saturated rings. The fourth-order valence-corrected chi connectivity index (χ4v) is 2.16. The summed E-state index contributed by atoms with van der Waals surface area (Å²) in [5.74, 6) is -0.241. The highest BCUT2D eigenvalue weighted by molar-refractivity contribution is 5.96. The van der Waals surface area contributed by atoms with Crippen LogP contribution in [0.5, 0.6) is 0 Å². The largest absolute Gasteiger partial charge is 0.377 e. The molecule has 21 heavy (non-hydrogen) atoms. The van der Waals surface area contributed by atoms with Gasteiger partial charge in [-0.05, 0) is 37.8 Å². The summed E-state index contributed by atoms with van der Waals surface area (Å²) >= 11 is 0. The maximum absolute atomic E-state index is 12.0. The van der Waals surface area contributed by atoms with Gasteiger partial charge in [-0.15, -0.1) is 0 Å². The molecule has 0 unspecified atom stereocenters. The molecule has 0 heterocycles. The smallest absolute Gasteiger partial charge is 0.293 e. The third-order valence-corrected chi connectivity index (χ3v) is 3.71. The predicted octanol–water partition coefficient (Wildman–Crippen LogP) is 3.09. The van der Waals surface area contributed by atoms with Gasteiger partial charge in [0, 0.05) is 23.7 Å². The molecule has 1 aliphatic carbocycles. The molecule has 6 heteroatoms. The Balaban J connectivity index is 2.21. The summed E-state index contributed by atoms with van der Waals surface area (Å²) in [6, 6.07) is 5.03. The average molecular weight is 291 g/mol. The van der Waals surface area contributed by atoms with Crippen LogP contribution in [-0.2, 0) is 0 Å². The van der Waals surface area contributed by atoms with Crippen molar-refractivity contribution in [2.45, 2.75) is 51.6 Å². The number of carbonyl (C=O) groups excluding carboxylic acids is 1. The highest BCUT2D eigenvalue weighted by Gasteiger charge is 2.25. The van der Waals surface area contributed by atoms with Gasteiger partial charge in [0.25, 0.3) is 11.6 Å². The number of amides is 1. The number of nitro groups is 1. The molecule has 114 valence electrons. The fraction of sp³-hybridized carbons (Fsp3) is 0.533. The van der Waals surface area contributed by atoms with Gasteiger partial charge in [-0.3, -0.25) is 14.9 Å². The lowest BCUT2D eigenvalue weighted by Crippen LogP contribution is -2.25. The van der Waals surface area contributed by atoms with E-state index >= 15 is 0 Å². The van der Waals surface area contributed by atoms with Crippen molar-refractivity contribution >= 4 is 17.3 Å². The highest BCUT2D eigenvalue weighted by atomic mass is 16.6. The Kier molecular flexibility index (Phi) is 4.77. The molecule has 2 N–H and O–H groups in total. The Morgan fingerprint density at radius 1 is 1.38 bits per heavy atom. The van der Waals surface area contributed by atoms with Crippen LogP contribution in [0.4, 0.5) is 11.4 Å². The van der Waals surface area contributed by atoms with E-state index in [4.69, 9.17) is 0 Å². The maximum atomic E-state index is 12.0. The molecule has 1 saturated carbocycles. The predicted molar refractivity (Wildman–Crippen MR) is 81.6 cm³/mol. The topological polar surface area (TPSA) is 84.3 Å². The van der Waals surface area contributed by atoms with Crippen molar-refractivity contribution in [2.24, 2.45) is 0 Å². The summed E-state index contributed by atoms with van der Waals surface area (Å²) in [5.41, 5.74) is 0.755. The summed E-state index contributed by atoms with van der Waals surface area (Å²) in [5, 5.41) is 17.2. The molecule has 0 bridgehead atoms. The van der Waals surface area contributed by atoms with Crippen molar-refractivity contribution in [3.63, 3.8) is 0 Å². The van der Waals surface area contributed by atoms with Crippen molar-refractivity contribution in [1.82, 2.24) is 5.32 Å². The molecule has 0 radical (unpaired) electrons. The van der Waals surface area contributed by atoms with E-state index in [2.05, 4.69) is 10.6 Å². The van der Waals surface area contributed by atoms with Crippen LogP contribution in [0.2, 0.25) is 0 Å². The van der Waals surface area contributed by atoms with E-state index in [9.17, 15) is 14.9 Å². The van der Waals surface area contributed by atoms with Gasteiger partial charge in [0.05, 0.1) is 4.92 Å². The third-order valence-electron chi connectivity index (χ3n) is 3.71. The molecule has 1 aromatic carbocycles. The number of carbonyl (C=O) groups is 1. The molecule has 0 atom stereocenters. The van der Waals surface area contributed by atoms with E-state index in [-0.39, 0.29) is 23.7 Å². The van der Waals surface area contributed by atoms with E-state index < -0.39 is 4.92 Å². The normalized spacial score (nSPS) is 14.0. The first-order valence-corrected chi connectivity index (χ1v) is 7.41. The maximum Gasteiger partial charge on any atom is 0.293 e. The van der Waals surface area contributed by atoms with Gasteiger partial charge in [-0.1, -0.05) is 13.8 Å². The number of nitro benzene ring substituents is 1. The minimum Gasteiger partial charge on any atom is -0.377 e. The van der Waals surface area contributed by atoms with Crippen molar-refractivity contribution in [2.75, 3.05) is 5.32 Å². The number of anilines is 1. The summed E-state index contributed by atoms with van der Waals surface area (Å²) < 4.78 is 0. The molecule has 1 aliphatic rings. The molecule has 6 nitrogen and oxygen atoms in total. The summed E-state index contributed by atoms with van der Waals surface area (Å²) in [6.07, 6.45) is 3.75. The fourth-order valence-electron chi connectivity index (χ4n) is 2.16. The number of hydrogen-bond acceptors (Lipinski definition) is 4. The number of nitrogens with one attached hydrogen (secondary N) is 2. The first-order chi connectivity index (χ1) is 10.0. The van der Waals surface area contributed by atoms with Crippen LogP contribution in [0.3, 0.4) is 0 Å². The van der Waals surface area contributed by atoms with Crippen LogP contribution >= 0.6 is 0 Å². The zero-order valence-electron chi connectivity index (χ0n) is 12.4. The Hall–Kier alpha value is -2.11.